The molecule has 0 amide bonds. The minimum Gasteiger partial charge on any atom is -0.344 e. The van der Waals surface area contributed by atoms with Gasteiger partial charge in [0.05, 0.1) is 5.69 Å². The van der Waals surface area contributed by atoms with Crippen molar-refractivity contribution in [2.24, 2.45) is 0 Å². The normalized spacial score (nSPS) is 16.5. The van der Waals surface area contributed by atoms with E-state index in [-0.39, 0.29) is 12.4 Å². The SMILES string of the molecule is N=C(NOC=O)Nc1nc2c(s1)CCCC2c1ccccc1. The van der Waals surface area contributed by atoms with Gasteiger partial charge in [-0.2, -0.15) is 5.48 Å². The van der Waals surface area contributed by atoms with E-state index in [4.69, 9.17) is 5.41 Å². The topological polar surface area (TPSA) is 87.1 Å². The molecule has 1 aliphatic rings. The predicted molar refractivity (Wildman–Crippen MR) is 85.0 cm³/mol. The molecule has 1 aromatic heterocycles. The third-order valence-corrected chi connectivity index (χ3v) is 4.64. The summed E-state index contributed by atoms with van der Waals surface area (Å²) in [5.41, 5.74) is 4.54. The number of carbonyl (C=O) groups is 1. The zero-order chi connectivity index (χ0) is 15.4. The molecule has 0 saturated heterocycles. The van der Waals surface area contributed by atoms with Crippen LogP contribution in [0.3, 0.4) is 0 Å². The number of aromatic nitrogens is 1. The summed E-state index contributed by atoms with van der Waals surface area (Å²) in [5.74, 6) is 0.194. The van der Waals surface area contributed by atoms with E-state index in [1.165, 1.54) is 10.4 Å². The molecule has 1 atom stereocenters. The minimum atomic E-state index is -0.116. The number of hydrogen-bond acceptors (Lipinski definition) is 5. The van der Waals surface area contributed by atoms with Crippen LogP contribution in [-0.4, -0.2) is 17.4 Å². The monoisotopic (exact) mass is 316 g/mol. The first-order chi connectivity index (χ1) is 10.8. The average molecular weight is 316 g/mol. The number of nitrogens with one attached hydrogen (secondary N) is 3. The van der Waals surface area contributed by atoms with Gasteiger partial charge in [0, 0.05) is 10.8 Å². The Labute approximate surface area is 132 Å². The molecule has 0 saturated carbocycles. The summed E-state index contributed by atoms with van der Waals surface area (Å²) in [5, 5.41) is 11.1. The quantitative estimate of drug-likeness (QED) is 0.349. The highest BCUT2D eigenvalue weighted by molar-refractivity contribution is 7.15. The predicted octanol–water partition coefficient (Wildman–Crippen LogP) is 2.64. The van der Waals surface area contributed by atoms with Gasteiger partial charge in [0.2, 0.25) is 5.96 Å². The highest BCUT2D eigenvalue weighted by Gasteiger charge is 2.26. The molecule has 3 N–H and O–H groups in total. The van der Waals surface area contributed by atoms with E-state index < -0.39 is 0 Å². The smallest absolute Gasteiger partial charge is 0.320 e. The lowest BCUT2D eigenvalue weighted by atomic mass is 9.85. The second-order valence-corrected chi connectivity index (χ2v) is 6.08. The van der Waals surface area contributed by atoms with Gasteiger partial charge in [-0.05, 0) is 24.8 Å². The Bertz CT molecular complexity index is 671. The summed E-state index contributed by atoms with van der Waals surface area (Å²) in [7, 11) is 0. The number of fused-ring (bicyclic) bond motifs is 1. The largest absolute Gasteiger partial charge is 0.344 e. The maximum atomic E-state index is 10.1. The minimum absolute atomic E-state index is 0.116. The van der Waals surface area contributed by atoms with E-state index in [0.717, 1.165) is 25.0 Å². The van der Waals surface area contributed by atoms with Gasteiger partial charge in [-0.15, -0.1) is 11.3 Å². The van der Waals surface area contributed by atoms with Crippen molar-refractivity contribution >= 4 is 28.9 Å². The van der Waals surface area contributed by atoms with Crippen LogP contribution in [-0.2, 0) is 16.1 Å². The van der Waals surface area contributed by atoms with E-state index >= 15 is 0 Å². The average Bonchev–Trinajstić information content (AvgIpc) is 2.95. The molecular weight excluding hydrogens is 300 g/mol. The van der Waals surface area contributed by atoms with Crippen molar-refractivity contribution < 1.29 is 9.63 Å². The summed E-state index contributed by atoms with van der Waals surface area (Å²) in [6.07, 6.45) is 3.24. The van der Waals surface area contributed by atoms with Gasteiger partial charge in [-0.1, -0.05) is 30.3 Å². The Hall–Kier alpha value is -2.41. The molecule has 0 aliphatic heterocycles. The van der Waals surface area contributed by atoms with Crippen molar-refractivity contribution in [1.82, 2.24) is 10.5 Å². The number of rotatable bonds is 4. The van der Waals surface area contributed by atoms with E-state index in [2.05, 4.69) is 32.8 Å². The van der Waals surface area contributed by atoms with E-state index in [1.807, 2.05) is 18.2 Å². The number of benzene rings is 1. The number of guanidine groups is 1. The van der Waals surface area contributed by atoms with Crippen molar-refractivity contribution in [3.63, 3.8) is 0 Å². The Morgan fingerprint density at radius 3 is 3.00 bits per heavy atom. The summed E-state index contributed by atoms with van der Waals surface area (Å²) in [6.45, 7) is 0.231. The Morgan fingerprint density at radius 2 is 2.23 bits per heavy atom. The van der Waals surface area contributed by atoms with Gasteiger partial charge in [0.15, 0.2) is 5.13 Å². The first-order valence-corrected chi connectivity index (χ1v) is 7.85. The molecule has 114 valence electrons. The molecule has 6 nitrogen and oxygen atoms in total. The van der Waals surface area contributed by atoms with Gasteiger partial charge in [0.1, 0.15) is 0 Å². The number of hydroxylamine groups is 1. The molecule has 0 radical (unpaired) electrons. The van der Waals surface area contributed by atoms with Crippen LogP contribution in [0.5, 0.6) is 0 Å². The Balaban J connectivity index is 1.80. The first-order valence-electron chi connectivity index (χ1n) is 7.03. The fraction of sp³-hybridized carbons (Fsp3) is 0.267. The van der Waals surface area contributed by atoms with Crippen molar-refractivity contribution in [3.8, 4) is 0 Å². The number of carbonyl (C=O) groups excluding carboxylic acids is 1. The maximum absolute atomic E-state index is 10.1. The number of nitrogens with zero attached hydrogens (tertiary/aromatic N) is 1. The van der Waals surface area contributed by atoms with Gasteiger partial charge < -0.3 is 4.84 Å². The molecule has 0 spiro atoms. The molecular formula is C15H16N4O2S. The molecule has 7 heteroatoms. The molecule has 1 unspecified atom stereocenters. The third-order valence-electron chi connectivity index (χ3n) is 3.60. The molecule has 22 heavy (non-hydrogen) atoms. The standard InChI is InChI=1S/C15H16N4O2S/c16-14(19-21-9-20)18-15-17-13-11(7-4-8-12(13)22-15)10-5-2-1-3-6-10/h1-3,5-6,9,11H,4,7-8H2,(H3,16,17,18,19). The van der Waals surface area contributed by atoms with Crippen molar-refractivity contribution in [1.29, 1.82) is 5.41 Å². The fourth-order valence-corrected chi connectivity index (χ4v) is 3.77. The van der Waals surface area contributed by atoms with Crippen LogP contribution >= 0.6 is 11.3 Å². The van der Waals surface area contributed by atoms with Crippen LogP contribution < -0.4 is 10.8 Å². The Kier molecular flexibility index (Phi) is 4.34. The molecule has 2 aromatic rings. The molecule has 0 fully saturated rings. The Morgan fingerprint density at radius 1 is 1.41 bits per heavy atom. The van der Waals surface area contributed by atoms with Crippen LogP contribution in [0.15, 0.2) is 30.3 Å². The highest BCUT2D eigenvalue weighted by Crippen LogP contribution is 2.40. The lowest BCUT2D eigenvalue weighted by Crippen LogP contribution is -2.29. The summed E-state index contributed by atoms with van der Waals surface area (Å²) in [6, 6.07) is 10.4. The highest BCUT2D eigenvalue weighted by atomic mass is 32.1. The third kappa shape index (κ3) is 3.09. The van der Waals surface area contributed by atoms with Gasteiger partial charge >= 0.3 is 6.47 Å². The van der Waals surface area contributed by atoms with Crippen LogP contribution in [0.25, 0.3) is 0 Å². The number of aryl methyl sites for hydroxylation is 1. The van der Waals surface area contributed by atoms with Gasteiger partial charge in [-0.3, -0.25) is 15.5 Å². The number of hydrogen-bond donors (Lipinski definition) is 3. The lowest BCUT2D eigenvalue weighted by Gasteiger charge is -2.21. The second kappa shape index (κ2) is 6.57. The van der Waals surface area contributed by atoms with Gasteiger partial charge in [0.25, 0.3) is 0 Å². The molecule has 1 aliphatic carbocycles. The summed E-state index contributed by atoms with van der Waals surface area (Å²) >= 11 is 1.55. The van der Waals surface area contributed by atoms with Gasteiger partial charge in [-0.25, -0.2) is 4.98 Å². The fourth-order valence-electron chi connectivity index (χ4n) is 2.70. The van der Waals surface area contributed by atoms with E-state index in [9.17, 15) is 4.79 Å². The first kappa shape index (κ1) is 14.5. The second-order valence-electron chi connectivity index (χ2n) is 5.00. The van der Waals surface area contributed by atoms with Crippen molar-refractivity contribution in [2.45, 2.75) is 25.2 Å². The molecule has 3 rings (SSSR count). The van der Waals surface area contributed by atoms with Crippen molar-refractivity contribution in [3.05, 3.63) is 46.5 Å². The summed E-state index contributed by atoms with van der Waals surface area (Å²) in [4.78, 5) is 20.3. The molecule has 0 bridgehead atoms. The van der Waals surface area contributed by atoms with Crippen LogP contribution in [0.1, 0.15) is 34.9 Å². The van der Waals surface area contributed by atoms with E-state index in [0.29, 0.717) is 11.0 Å². The van der Waals surface area contributed by atoms with Crippen LogP contribution in [0, 0.1) is 5.41 Å². The number of anilines is 1. The zero-order valence-corrected chi connectivity index (χ0v) is 12.7. The van der Waals surface area contributed by atoms with Crippen LogP contribution in [0.2, 0.25) is 0 Å². The zero-order valence-electron chi connectivity index (χ0n) is 11.8. The number of thiazole rings is 1. The van der Waals surface area contributed by atoms with E-state index in [1.54, 1.807) is 11.3 Å². The summed E-state index contributed by atoms with van der Waals surface area (Å²) < 4.78 is 0. The maximum Gasteiger partial charge on any atom is 0.320 e. The van der Waals surface area contributed by atoms with Crippen LogP contribution in [0.4, 0.5) is 5.13 Å². The van der Waals surface area contributed by atoms with Crippen molar-refractivity contribution in [2.75, 3.05) is 5.32 Å². The molecule has 1 heterocycles. The lowest BCUT2D eigenvalue weighted by molar-refractivity contribution is -0.132. The molecule has 1 aromatic carbocycles.